The van der Waals surface area contributed by atoms with Gasteiger partial charge >= 0.3 is 0 Å². The minimum atomic E-state index is -0.906. The summed E-state index contributed by atoms with van der Waals surface area (Å²) in [5.41, 5.74) is 0.628. The second-order valence-corrected chi connectivity index (χ2v) is 3.78. The van der Waals surface area contributed by atoms with Gasteiger partial charge in [0.1, 0.15) is 10.7 Å². The molecule has 0 fully saturated rings. The molecule has 0 saturated heterocycles. The molecule has 1 heterocycles. The highest BCUT2D eigenvalue weighted by Gasteiger charge is 2.16. The zero-order chi connectivity index (χ0) is 9.84. The van der Waals surface area contributed by atoms with E-state index in [4.69, 9.17) is 0 Å². The lowest BCUT2D eigenvalue weighted by Gasteiger charge is -2.15. The first-order chi connectivity index (χ1) is 6.15. The molecule has 0 radical (unpaired) electrons. The number of thiol groups is 1. The van der Waals surface area contributed by atoms with Gasteiger partial charge in [0, 0.05) is 11.9 Å². The summed E-state index contributed by atoms with van der Waals surface area (Å²) in [5.74, 6) is 0.223. The highest BCUT2D eigenvalue weighted by Crippen LogP contribution is 2.19. The minimum Gasteiger partial charge on any atom is -0.389 e. The lowest BCUT2D eigenvalue weighted by Crippen LogP contribution is -2.19. The molecule has 1 rings (SSSR count). The van der Waals surface area contributed by atoms with Crippen LogP contribution in [0.3, 0.4) is 0 Å². The van der Waals surface area contributed by atoms with Crippen LogP contribution in [0.5, 0.6) is 0 Å². The van der Waals surface area contributed by atoms with Crippen molar-refractivity contribution in [2.24, 2.45) is 0 Å². The van der Waals surface area contributed by atoms with Crippen molar-refractivity contribution >= 4 is 28.6 Å². The molecule has 1 aromatic rings. The van der Waals surface area contributed by atoms with Gasteiger partial charge in [-0.15, -0.1) is 0 Å². The van der Waals surface area contributed by atoms with Crippen molar-refractivity contribution in [2.75, 3.05) is 5.75 Å². The lowest BCUT2D eigenvalue weighted by atomic mass is 10.1. The molecule has 0 bridgehead atoms. The van der Waals surface area contributed by atoms with Gasteiger partial charge in [0.15, 0.2) is 0 Å². The van der Waals surface area contributed by atoms with Crippen molar-refractivity contribution < 1.29 is 10.2 Å². The summed E-state index contributed by atoms with van der Waals surface area (Å²) >= 11 is 7.07. The zero-order valence-corrected chi connectivity index (χ0v) is 9.24. The molecule has 0 aromatic carbocycles. The van der Waals surface area contributed by atoms with Crippen molar-refractivity contribution in [1.29, 1.82) is 0 Å². The van der Waals surface area contributed by atoms with Gasteiger partial charge in [-0.2, -0.15) is 12.6 Å². The van der Waals surface area contributed by atoms with Crippen LogP contribution in [0, 0.1) is 0 Å². The third-order valence-corrected chi connectivity index (χ3v) is 2.45. The van der Waals surface area contributed by atoms with Gasteiger partial charge in [-0.3, -0.25) is 0 Å². The maximum atomic E-state index is 9.57. The summed E-state index contributed by atoms with van der Waals surface area (Å²) in [7, 11) is 0. The molecule has 13 heavy (non-hydrogen) atoms. The number of halogens is 1. The molecule has 0 aliphatic heterocycles. The molecule has 0 aliphatic rings. The Bertz CT molecular complexity index is 285. The number of hydrogen-bond donors (Lipinski definition) is 3. The second kappa shape index (κ2) is 4.95. The van der Waals surface area contributed by atoms with E-state index in [-0.39, 0.29) is 5.75 Å². The van der Waals surface area contributed by atoms with Crippen LogP contribution in [-0.2, 0) is 0 Å². The largest absolute Gasteiger partial charge is 0.389 e. The fraction of sp³-hybridized carbons (Fsp3) is 0.375. The first kappa shape index (κ1) is 11.0. The van der Waals surface area contributed by atoms with E-state index >= 15 is 0 Å². The van der Waals surface area contributed by atoms with Crippen molar-refractivity contribution in [3.63, 3.8) is 0 Å². The molecular weight excluding hydrogens is 254 g/mol. The maximum absolute atomic E-state index is 9.57. The van der Waals surface area contributed by atoms with E-state index in [1.807, 2.05) is 0 Å². The Kier molecular flexibility index (Phi) is 4.18. The van der Waals surface area contributed by atoms with Crippen LogP contribution in [-0.4, -0.2) is 27.1 Å². The third-order valence-electron chi connectivity index (χ3n) is 1.64. The number of hydrogen-bond acceptors (Lipinski definition) is 4. The number of pyridine rings is 1. The molecule has 0 spiro atoms. The Labute approximate surface area is 90.4 Å². The fourth-order valence-electron chi connectivity index (χ4n) is 0.923. The van der Waals surface area contributed by atoms with E-state index in [9.17, 15) is 10.2 Å². The van der Waals surface area contributed by atoms with E-state index in [0.717, 1.165) is 0 Å². The van der Waals surface area contributed by atoms with E-state index in [1.54, 1.807) is 18.3 Å². The van der Waals surface area contributed by atoms with Crippen molar-refractivity contribution in [3.8, 4) is 0 Å². The van der Waals surface area contributed by atoms with Gasteiger partial charge in [0.2, 0.25) is 0 Å². The first-order valence-electron chi connectivity index (χ1n) is 3.73. The number of aromatic nitrogens is 1. The van der Waals surface area contributed by atoms with Crippen LogP contribution in [0.25, 0.3) is 0 Å². The van der Waals surface area contributed by atoms with E-state index in [0.29, 0.717) is 10.2 Å². The van der Waals surface area contributed by atoms with Crippen molar-refractivity contribution in [3.05, 3.63) is 28.5 Å². The van der Waals surface area contributed by atoms with Gasteiger partial charge in [-0.25, -0.2) is 4.98 Å². The molecule has 1 aromatic heterocycles. The maximum Gasteiger partial charge on any atom is 0.106 e. The average molecular weight is 264 g/mol. The summed E-state index contributed by atoms with van der Waals surface area (Å²) in [4.78, 5) is 3.91. The average Bonchev–Trinajstić information content (AvgIpc) is 2.15. The molecule has 2 N–H and O–H groups in total. The summed E-state index contributed by atoms with van der Waals surface area (Å²) in [6.07, 6.45) is -0.192. The van der Waals surface area contributed by atoms with Crippen molar-refractivity contribution in [1.82, 2.24) is 4.98 Å². The van der Waals surface area contributed by atoms with Gasteiger partial charge in [0.25, 0.3) is 0 Å². The van der Waals surface area contributed by atoms with E-state index in [1.165, 1.54) is 0 Å². The van der Waals surface area contributed by atoms with Crippen LogP contribution in [0.4, 0.5) is 0 Å². The number of aliphatic hydroxyl groups is 2. The smallest absolute Gasteiger partial charge is 0.106 e. The van der Waals surface area contributed by atoms with E-state index < -0.39 is 12.2 Å². The summed E-state index contributed by atoms with van der Waals surface area (Å²) in [5, 5.41) is 18.9. The quantitative estimate of drug-likeness (QED) is 0.567. The molecule has 5 heteroatoms. The number of nitrogens with zero attached hydrogens (tertiary/aromatic N) is 1. The highest BCUT2D eigenvalue weighted by atomic mass is 79.9. The Hall–Kier alpha value is -0.100. The third kappa shape index (κ3) is 2.95. The minimum absolute atomic E-state index is 0.223. The van der Waals surface area contributed by atoms with Gasteiger partial charge in [-0.05, 0) is 33.6 Å². The van der Waals surface area contributed by atoms with Crippen LogP contribution in [0.15, 0.2) is 22.9 Å². The molecule has 3 nitrogen and oxygen atoms in total. The topological polar surface area (TPSA) is 53.4 Å². The normalized spacial score (nSPS) is 15.4. The molecule has 2 unspecified atom stereocenters. The van der Waals surface area contributed by atoms with Crippen LogP contribution < -0.4 is 0 Å². The van der Waals surface area contributed by atoms with Gasteiger partial charge in [-0.1, -0.05) is 0 Å². The van der Waals surface area contributed by atoms with Gasteiger partial charge < -0.3 is 10.2 Å². The summed E-state index contributed by atoms with van der Waals surface area (Å²) < 4.78 is 0.635. The predicted octanol–water partition coefficient (Wildman–Crippen LogP) is 1.17. The first-order valence-corrected chi connectivity index (χ1v) is 5.16. The van der Waals surface area contributed by atoms with Crippen LogP contribution >= 0.6 is 28.6 Å². The monoisotopic (exact) mass is 263 g/mol. The molecule has 2 atom stereocenters. The van der Waals surface area contributed by atoms with Crippen LogP contribution in [0.1, 0.15) is 11.7 Å². The SMILES string of the molecule is OC(CS)C(O)c1ccnc(Br)c1. The fourth-order valence-corrected chi connectivity index (χ4v) is 1.51. The molecule has 0 amide bonds. The van der Waals surface area contributed by atoms with E-state index in [2.05, 4.69) is 33.5 Å². The standard InChI is InChI=1S/C8H10BrNO2S/c9-7-3-5(1-2-10-7)8(12)6(11)4-13/h1-3,6,8,11-13H,4H2. The van der Waals surface area contributed by atoms with Gasteiger partial charge in [0.05, 0.1) is 6.10 Å². The Morgan fingerprint density at radius 1 is 1.54 bits per heavy atom. The summed E-state index contributed by atoms with van der Waals surface area (Å²) in [6.45, 7) is 0. The Morgan fingerprint density at radius 3 is 2.77 bits per heavy atom. The summed E-state index contributed by atoms with van der Waals surface area (Å²) in [6, 6.07) is 3.32. The van der Waals surface area contributed by atoms with Crippen molar-refractivity contribution in [2.45, 2.75) is 12.2 Å². The Balaban J connectivity index is 2.82. The zero-order valence-electron chi connectivity index (χ0n) is 6.76. The molecule has 72 valence electrons. The molecular formula is C8H10BrNO2S. The predicted molar refractivity (Wildman–Crippen MR) is 56.8 cm³/mol. The highest BCUT2D eigenvalue weighted by molar-refractivity contribution is 9.10. The number of rotatable bonds is 3. The lowest BCUT2D eigenvalue weighted by molar-refractivity contribution is 0.0337. The van der Waals surface area contributed by atoms with Crippen LogP contribution in [0.2, 0.25) is 0 Å². The number of aliphatic hydroxyl groups excluding tert-OH is 2. The molecule has 0 aliphatic carbocycles. The Morgan fingerprint density at radius 2 is 2.23 bits per heavy atom. The molecule has 0 saturated carbocycles. The second-order valence-electron chi connectivity index (χ2n) is 2.61.